The molecule has 0 saturated heterocycles. The van der Waals surface area contributed by atoms with Gasteiger partial charge in [-0.1, -0.05) is 6.07 Å². The topological polar surface area (TPSA) is 79.2 Å². The molecule has 2 atom stereocenters. The summed E-state index contributed by atoms with van der Waals surface area (Å²) < 4.78 is 56.5. The Balaban J connectivity index is 3.06. The highest BCUT2D eigenvalue weighted by Gasteiger charge is 2.21. The van der Waals surface area contributed by atoms with Crippen molar-refractivity contribution in [3.05, 3.63) is 23.8 Å². The van der Waals surface area contributed by atoms with E-state index < -0.39 is 43.5 Å². The fraction of sp³-hybridized carbons (Fsp3) is 0.455. The zero-order chi connectivity index (χ0) is 15.3. The molecule has 0 saturated carbocycles. The van der Waals surface area contributed by atoms with Crippen LogP contribution in [0, 0.1) is 0 Å². The summed E-state index contributed by atoms with van der Waals surface area (Å²) in [5.74, 6) is -1.36. The van der Waals surface area contributed by atoms with Gasteiger partial charge in [0.2, 0.25) is 0 Å². The van der Waals surface area contributed by atoms with Crippen molar-refractivity contribution in [1.29, 1.82) is 0 Å². The van der Waals surface area contributed by atoms with E-state index in [1.807, 2.05) is 0 Å². The van der Waals surface area contributed by atoms with Gasteiger partial charge in [-0.2, -0.15) is 17.6 Å². The van der Waals surface area contributed by atoms with Gasteiger partial charge in [-0.15, -0.1) is 0 Å². The van der Waals surface area contributed by atoms with Crippen molar-refractivity contribution in [2.75, 3.05) is 6.61 Å². The Morgan fingerprint density at radius 1 is 0.950 bits per heavy atom. The molecule has 1 aromatic carbocycles. The molecule has 1 rings (SSSR count). The Hall–Kier alpha value is -1.58. The third kappa shape index (κ3) is 4.51. The van der Waals surface area contributed by atoms with Crippen LogP contribution in [0.1, 0.15) is 11.7 Å². The molecule has 0 aromatic heterocycles. The maximum absolute atomic E-state index is 12.2. The van der Waals surface area contributed by atoms with E-state index >= 15 is 0 Å². The number of benzene rings is 1. The maximum Gasteiger partial charge on any atom is 0.387 e. The Morgan fingerprint density at radius 2 is 1.50 bits per heavy atom. The largest absolute Gasteiger partial charge is 0.431 e. The first-order valence-electron chi connectivity index (χ1n) is 5.35. The molecule has 2 unspecified atom stereocenters. The van der Waals surface area contributed by atoms with Crippen molar-refractivity contribution < 1.29 is 42.4 Å². The number of rotatable bonds is 7. The van der Waals surface area contributed by atoms with Gasteiger partial charge in [-0.3, -0.25) is 0 Å². The van der Waals surface area contributed by atoms with Crippen LogP contribution in [0.5, 0.6) is 11.5 Å². The Labute approximate surface area is 111 Å². The molecule has 0 radical (unpaired) electrons. The number of halogens is 4. The monoisotopic (exact) mass is 300 g/mol. The number of hydrogen-bond donors (Lipinski definition) is 3. The number of hydrogen-bond acceptors (Lipinski definition) is 5. The molecule has 9 heteroatoms. The summed E-state index contributed by atoms with van der Waals surface area (Å²) in [7, 11) is 0. The van der Waals surface area contributed by atoms with Gasteiger partial charge in [0.15, 0.2) is 11.5 Å². The third-order valence-corrected chi connectivity index (χ3v) is 2.29. The molecule has 0 fully saturated rings. The summed E-state index contributed by atoms with van der Waals surface area (Å²) in [4.78, 5) is 0. The van der Waals surface area contributed by atoms with Crippen LogP contribution in [0.3, 0.4) is 0 Å². The summed E-state index contributed by atoms with van der Waals surface area (Å²) in [5, 5.41) is 27.5. The molecular formula is C11H12F4O5. The first kappa shape index (κ1) is 16.5. The fourth-order valence-corrected chi connectivity index (χ4v) is 1.41. The lowest BCUT2D eigenvalue weighted by atomic mass is 10.0. The van der Waals surface area contributed by atoms with Gasteiger partial charge in [0.25, 0.3) is 0 Å². The minimum atomic E-state index is -3.29. The first-order valence-corrected chi connectivity index (χ1v) is 5.35. The zero-order valence-electron chi connectivity index (χ0n) is 9.92. The van der Waals surface area contributed by atoms with Gasteiger partial charge in [0, 0.05) is 0 Å². The number of aliphatic hydroxyl groups is 3. The molecule has 0 heterocycles. The molecule has 114 valence electrons. The Bertz CT molecular complexity index is 429. The predicted octanol–water partition coefficient (Wildman–Crippen LogP) is 1.28. The normalized spacial score (nSPS) is 14.4. The zero-order valence-corrected chi connectivity index (χ0v) is 9.92. The second-order valence-corrected chi connectivity index (χ2v) is 3.66. The lowest BCUT2D eigenvalue weighted by Gasteiger charge is -2.18. The molecule has 0 aliphatic carbocycles. The third-order valence-electron chi connectivity index (χ3n) is 2.29. The van der Waals surface area contributed by atoms with Crippen LogP contribution < -0.4 is 9.47 Å². The first-order chi connectivity index (χ1) is 9.35. The lowest BCUT2D eigenvalue weighted by Crippen LogP contribution is -2.22. The summed E-state index contributed by atoms with van der Waals surface area (Å²) in [5.41, 5.74) is -0.108. The van der Waals surface area contributed by atoms with Crippen LogP contribution >= 0.6 is 0 Å². The van der Waals surface area contributed by atoms with Crippen LogP contribution in [0.25, 0.3) is 0 Å². The van der Waals surface area contributed by atoms with Crippen molar-refractivity contribution in [1.82, 2.24) is 0 Å². The number of ether oxygens (including phenoxy) is 2. The minimum Gasteiger partial charge on any atom is -0.431 e. The molecule has 0 aliphatic rings. The van der Waals surface area contributed by atoms with Crippen LogP contribution in [0.2, 0.25) is 0 Å². The smallest absolute Gasteiger partial charge is 0.387 e. The highest BCUT2D eigenvalue weighted by atomic mass is 19.3. The van der Waals surface area contributed by atoms with Gasteiger partial charge in [0.1, 0.15) is 12.2 Å². The van der Waals surface area contributed by atoms with Crippen LogP contribution in [-0.4, -0.2) is 41.3 Å². The SMILES string of the molecule is OCC(O)C(O)c1ccc(OC(F)F)c(OC(F)F)c1. The summed E-state index contributed by atoms with van der Waals surface area (Å²) in [6.07, 6.45) is -3.16. The van der Waals surface area contributed by atoms with E-state index in [1.54, 1.807) is 0 Å². The van der Waals surface area contributed by atoms with Crippen molar-refractivity contribution >= 4 is 0 Å². The van der Waals surface area contributed by atoms with Crippen LogP contribution in [0.4, 0.5) is 17.6 Å². The lowest BCUT2D eigenvalue weighted by molar-refractivity contribution is -0.0695. The van der Waals surface area contributed by atoms with Crippen molar-refractivity contribution in [3.8, 4) is 11.5 Å². The van der Waals surface area contributed by atoms with E-state index in [0.29, 0.717) is 0 Å². The standard InChI is InChI=1S/C11H12F4O5/c12-10(13)19-7-2-1-5(9(18)6(17)4-16)3-8(7)20-11(14)15/h1-3,6,9-11,16-18H,4H2. The van der Waals surface area contributed by atoms with Gasteiger partial charge in [-0.25, -0.2) is 0 Å². The fourth-order valence-electron chi connectivity index (χ4n) is 1.41. The highest BCUT2D eigenvalue weighted by molar-refractivity contribution is 5.44. The molecule has 0 aliphatic heterocycles. The van der Waals surface area contributed by atoms with E-state index in [4.69, 9.17) is 5.11 Å². The molecule has 0 amide bonds. The molecule has 0 bridgehead atoms. The molecule has 3 N–H and O–H groups in total. The van der Waals surface area contributed by atoms with Gasteiger partial charge in [0.05, 0.1) is 6.61 Å². The average molecular weight is 300 g/mol. The average Bonchev–Trinajstić information content (AvgIpc) is 2.37. The Morgan fingerprint density at radius 3 is 2.00 bits per heavy atom. The molecule has 0 spiro atoms. The number of aliphatic hydroxyl groups excluding tert-OH is 3. The van der Waals surface area contributed by atoms with E-state index in [9.17, 15) is 27.8 Å². The second-order valence-electron chi connectivity index (χ2n) is 3.66. The van der Waals surface area contributed by atoms with E-state index in [1.165, 1.54) is 0 Å². The van der Waals surface area contributed by atoms with Crippen LogP contribution in [0.15, 0.2) is 18.2 Å². The Kier molecular flexibility index (Phi) is 5.99. The molecule has 20 heavy (non-hydrogen) atoms. The second kappa shape index (κ2) is 7.27. The highest BCUT2D eigenvalue weighted by Crippen LogP contribution is 2.33. The van der Waals surface area contributed by atoms with Crippen molar-refractivity contribution in [2.45, 2.75) is 25.4 Å². The summed E-state index contributed by atoms with van der Waals surface area (Å²) in [6.45, 7) is -7.30. The molecular weight excluding hydrogens is 288 g/mol. The van der Waals surface area contributed by atoms with E-state index in [-0.39, 0.29) is 5.56 Å². The maximum atomic E-state index is 12.2. The van der Waals surface area contributed by atoms with Gasteiger partial charge < -0.3 is 24.8 Å². The number of alkyl halides is 4. The summed E-state index contributed by atoms with van der Waals surface area (Å²) >= 11 is 0. The predicted molar refractivity (Wildman–Crippen MR) is 57.8 cm³/mol. The van der Waals surface area contributed by atoms with Crippen LogP contribution in [-0.2, 0) is 0 Å². The van der Waals surface area contributed by atoms with Gasteiger partial charge in [-0.05, 0) is 17.7 Å². The summed E-state index contributed by atoms with van der Waals surface area (Å²) in [6, 6.07) is 2.76. The molecule has 5 nitrogen and oxygen atoms in total. The molecule has 1 aromatic rings. The van der Waals surface area contributed by atoms with E-state index in [0.717, 1.165) is 18.2 Å². The van der Waals surface area contributed by atoms with Crippen molar-refractivity contribution in [2.24, 2.45) is 0 Å². The minimum absolute atomic E-state index is 0.108. The van der Waals surface area contributed by atoms with Gasteiger partial charge >= 0.3 is 13.2 Å². The van der Waals surface area contributed by atoms with E-state index in [2.05, 4.69) is 9.47 Å². The quantitative estimate of drug-likeness (QED) is 0.661. The van der Waals surface area contributed by atoms with Crippen molar-refractivity contribution in [3.63, 3.8) is 0 Å².